The van der Waals surface area contributed by atoms with E-state index in [1.54, 1.807) is 0 Å². The SMILES string of the molecule is NCCNc1nc(-c2cccc(Cl)c2)nc2c1CCC2. The summed E-state index contributed by atoms with van der Waals surface area (Å²) in [6.07, 6.45) is 3.20. The number of hydrogen-bond donors (Lipinski definition) is 2. The molecular formula is C15H17ClN4. The number of aryl methyl sites for hydroxylation is 1. The van der Waals surface area contributed by atoms with Crippen molar-refractivity contribution in [3.05, 3.63) is 40.5 Å². The highest BCUT2D eigenvalue weighted by Crippen LogP contribution is 2.29. The second-order valence-corrected chi connectivity index (χ2v) is 5.34. The number of hydrogen-bond acceptors (Lipinski definition) is 4. The molecule has 3 rings (SSSR count). The van der Waals surface area contributed by atoms with Crippen LogP contribution in [0.2, 0.25) is 5.02 Å². The zero-order valence-corrected chi connectivity index (χ0v) is 12.0. The lowest BCUT2D eigenvalue weighted by molar-refractivity contribution is 0.899. The van der Waals surface area contributed by atoms with Crippen LogP contribution in [0.25, 0.3) is 11.4 Å². The monoisotopic (exact) mass is 288 g/mol. The minimum atomic E-state index is 0.589. The summed E-state index contributed by atoms with van der Waals surface area (Å²) in [6, 6.07) is 7.65. The van der Waals surface area contributed by atoms with Gasteiger partial charge in [-0.1, -0.05) is 23.7 Å². The third-order valence-corrected chi connectivity index (χ3v) is 3.69. The molecule has 0 atom stereocenters. The quantitative estimate of drug-likeness (QED) is 0.908. The second-order valence-electron chi connectivity index (χ2n) is 4.90. The van der Waals surface area contributed by atoms with Crippen LogP contribution in [0, 0.1) is 0 Å². The van der Waals surface area contributed by atoms with Crippen LogP contribution in [0.3, 0.4) is 0 Å². The number of nitrogens with zero attached hydrogens (tertiary/aromatic N) is 2. The fraction of sp³-hybridized carbons (Fsp3) is 0.333. The Kier molecular flexibility index (Phi) is 3.85. The molecule has 5 heteroatoms. The molecule has 1 aromatic heterocycles. The summed E-state index contributed by atoms with van der Waals surface area (Å²) in [6.45, 7) is 1.31. The van der Waals surface area contributed by atoms with E-state index >= 15 is 0 Å². The highest BCUT2D eigenvalue weighted by atomic mass is 35.5. The molecule has 0 spiro atoms. The number of nitrogens with two attached hydrogens (primary N) is 1. The summed E-state index contributed by atoms with van der Waals surface area (Å²) in [5.41, 5.74) is 8.90. The molecule has 0 radical (unpaired) electrons. The van der Waals surface area contributed by atoms with Gasteiger partial charge in [0, 0.05) is 34.9 Å². The van der Waals surface area contributed by atoms with Crippen LogP contribution in [0.5, 0.6) is 0 Å². The van der Waals surface area contributed by atoms with Crippen molar-refractivity contribution in [1.82, 2.24) is 9.97 Å². The van der Waals surface area contributed by atoms with Crippen molar-refractivity contribution in [2.45, 2.75) is 19.3 Å². The number of halogens is 1. The Labute approximate surface area is 123 Å². The molecule has 1 aliphatic rings. The van der Waals surface area contributed by atoms with E-state index in [0.29, 0.717) is 11.6 Å². The third kappa shape index (κ3) is 2.62. The Morgan fingerprint density at radius 3 is 2.95 bits per heavy atom. The number of benzene rings is 1. The van der Waals surface area contributed by atoms with Crippen molar-refractivity contribution in [1.29, 1.82) is 0 Å². The van der Waals surface area contributed by atoms with E-state index < -0.39 is 0 Å². The summed E-state index contributed by atoms with van der Waals surface area (Å²) in [5.74, 6) is 1.65. The van der Waals surface area contributed by atoms with Gasteiger partial charge in [0.15, 0.2) is 5.82 Å². The molecule has 0 saturated carbocycles. The van der Waals surface area contributed by atoms with Gasteiger partial charge < -0.3 is 11.1 Å². The van der Waals surface area contributed by atoms with Crippen molar-refractivity contribution in [3.8, 4) is 11.4 Å². The van der Waals surface area contributed by atoms with Gasteiger partial charge in [0.05, 0.1) is 0 Å². The van der Waals surface area contributed by atoms with Gasteiger partial charge in [0.25, 0.3) is 0 Å². The molecule has 1 aliphatic carbocycles. The molecule has 2 aromatic rings. The Bertz CT molecular complexity index is 627. The van der Waals surface area contributed by atoms with Crippen LogP contribution in [-0.2, 0) is 12.8 Å². The molecule has 4 nitrogen and oxygen atoms in total. The number of rotatable bonds is 4. The van der Waals surface area contributed by atoms with E-state index in [1.807, 2.05) is 24.3 Å². The highest BCUT2D eigenvalue weighted by Gasteiger charge is 2.19. The lowest BCUT2D eigenvalue weighted by Crippen LogP contribution is -2.16. The van der Waals surface area contributed by atoms with Gasteiger partial charge in [0.2, 0.25) is 0 Å². The first-order chi connectivity index (χ1) is 9.78. The van der Waals surface area contributed by atoms with Gasteiger partial charge in [-0.3, -0.25) is 0 Å². The Hall–Kier alpha value is -1.65. The zero-order valence-electron chi connectivity index (χ0n) is 11.2. The minimum absolute atomic E-state index is 0.589. The number of nitrogens with one attached hydrogen (secondary N) is 1. The molecule has 0 saturated heterocycles. The first-order valence-corrected chi connectivity index (χ1v) is 7.25. The number of anilines is 1. The van der Waals surface area contributed by atoms with E-state index in [4.69, 9.17) is 22.3 Å². The second kappa shape index (κ2) is 5.77. The van der Waals surface area contributed by atoms with E-state index in [0.717, 1.165) is 48.7 Å². The Morgan fingerprint density at radius 2 is 2.15 bits per heavy atom. The van der Waals surface area contributed by atoms with Gasteiger partial charge in [-0.2, -0.15) is 0 Å². The minimum Gasteiger partial charge on any atom is -0.368 e. The molecule has 0 amide bonds. The van der Waals surface area contributed by atoms with Crippen molar-refractivity contribution < 1.29 is 0 Å². The maximum absolute atomic E-state index is 6.05. The van der Waals surface area contributed by atoms with E-state index in [2.05, 4.69) is 10.3 Å². The number of fused-ring (bicyclic) bond motifs is 1. The molecule has 1 heterocycles. The molecule has 0 fully saturated rings. The standard InChI is InChI=1S/C15H17ClN4/c16-11-4-1-3-10(9-11)14-19-13-6-2-5-12(13)15(20-14)18-8-7-17/h1,3-4,9H,2,5-8,17H2,(H,18,19,20). The predicted octanol–water partition coefficient (Wildman–Crippen LogP) is 2.66. The molecule has 20 heavy (non-hydrogen) atoms. The summed E-state index contributed by atoms with van der Waals surface area (Å²) >= 11 is 6.05. The summed E-state index contributed by atoms with van der Waals surface area (Å²) < 4.78 is 0. The average molecular weight is 289 g/mol. The smallest absolute Gasteiger partial charge is 0.161 e. The maximum Gasteiger partial charge on any atom is 0.161 e. The van der Waals surface area contributed by atoms with Gasteiger partial charge >= 0.3 is 0 Å². The first kappa shape index (κ1) is 13.3. The highest BCUT2D eigenvalue weighted by molar-refractivity contribution is 6.30. The third-order valence-electron chi connectivity index (χ3n) is 3.45. The predicted molar refractivity (Wildman–Crippen MR) is 82.0 cm³/mol. The van der Waals surface area contributed by atoms with Gasteiger partial charge in [-0.05, 0) is 31.4 Å². The fourth-order valence-electron chi connectivity index (χ4n) is 2.53. The van der Waals surface area contributed by atoms with Gasteiger partial charge in [0.1, 0.15) is 5.82 Å². The van der Waals surface area contributed by atoms with Gasteiger partial charge in [-0.25, -0.2) is 9.97 Å². The lowest BCUT2D eigenvalue weighted by atomic mass is 10.2. The van der Waals surface area contributed by atoms with Gasteiger partial charge in [-0.15, -0.1) is 0 Å². The maximum atomic E-state index is 6.05. The van der Waals surface area contributed by atoms with Crippen LogP contribution in [0.1, 0.15) is 17.7 Å². The van der Waals surface area contributed by atoms with Crippen LogP contribution in [0.4, 0.5) is 5.82 Å². The molecule has 0 bridgehead atoms. The largest absolute Gasteiger partial charge is 0.368 e. The van der Waals surface area contributed by atoms with Crippen molar-refractivity contribution >= 4 is 17.4 Å². The van der Waals surface area contributed by atoms with Crippen molar-refractivity contribution in [2.24, 2.45) is 5.73 Å². The normalized spacial score (nSPS) is 13.3. The molecule has 0 unspecified atom stereocenters. The van der Waals surface area contributed by atoms with E-state index in [-0.39, 0.29) is 0 Å². The average Bonchev–Trinajstić information content (AvgIpc) is 2.93. The Balaban J connectivity index is 2.04. The molecular weight excluding hydrogens is 272 g/mol. The molecule has 0 aliphatic heterocycles. The fourth-order valence-corrected chi connectivity index (χ4v) is 2.72. The van der Waals surface area contributed by atoms with E-state index in [9.17, 15) is 0 Å². The topological polar surface area (TPSA) is 63.8 Å². The van der Waals surface area contributed by atoms with Crippen LogP contribution < -0.4 is 11.1 Å². The molecule has 1 aromatic carbocycles. The zero-order chi connectivity index (χ0) is 13.9. The van der Waals surface area contributed by atoms with Crippen molar-refractivity contribution in [2.75, 3.05) is 18.4 Å². The van der Waals surface area contributed by atoms with Crippen LogP contribution in [0.15, 0.2) is 24.3 Å². The van der Waals surface area contributed by atoms with Crippen LogP contribution >= 0.6 is 11.6 Å². The Morgan fingerprint density at radius 1 is 1.25 bits per heavy atom. The van der Waals surface area contributed by atoms with Crippen LogP contribution in [-0.4, -0.2) is 23.1 Å². The lowest BCUT2D eigenvalue weighted by Gasteiger charge is -2.11. The summed E-state index contributed by atoms with van der Waals surface area (Å²) in [4.78, 5) is 9.35. The molecule has 104 valence electrons. The van der Waals surface area contributed by atoms with Crippen molar-refractivity contribution in [3.63, 3.8) is 0 Å². The van der Waals surface area contributed by atoms with E-state index in [1.165, 1.54) is 5.56 Å². The summed E-state index contributed by atoms with van der Waals surface area (Å²) in [5, 5.41) is 4.01. The molecule has 3 N–H and O–H groups in total. The summed E-state index contributed by atoms with van der Waals surface area (Å²) in [7, 11) is 0. The first-order valence-electron chi connectivity index (χ1n) is 6.87. The number of aromatic nitrogens is 2.